The maximum atomic E-state index is 13.1. The highest BCUT2D eigenvalue weighted by atomic mass is 35.5. The van der Waals surface area contributed by atoms with Gasteiger partial charge in [0.05, 0.1) is 6.54 Å². The smallest absolute Gasteiger partial charge is 0.354 e. The fourth-order valence-electron chi connectivity index (χ4n) is 3.16. The highest BCUT2D eigenvalue weighted by molar-refractivity contribution is 6.30. The summed E-state index contributed by atoms with van der Waals surface area (Å²) in [6.07, 6.45) is 1.81. The Morgan fingerprint density at radius 2 is 1.76 bits per heavy atom. The molecule has 0 unspecified atom stereocenters. The Labute approximate surface area is 199 Å². The number of hydrogen-bond donors (Lipinski definition) is 2. The first-order chi connectivity index (χ1) is 16.5. The Kier molecular flexibility index (Phi) is 7.31. The standard InChI is InChI=1S/C23H21ClN6O4/c24-17-6-4-16(5-7-17)15-30-21(27-22(32)29(23(30)33)13-2-14-31)26-18-8-10-19(11-9-18)34-20-3-1-12-25-28-20/h1,3-12,31H,2,13-15H2,(H,26,27,32). The van der Waals surface area contributed by atoms with Gasteiger partial charge in [-0.1, -0.05) is 23.7 Å². The Bertz CT molecular complexity index is 1360. The van der Waals surface area contributed by atoms with Crippen LogP contribution >= 0.6 is 11.6 Å². The number of aliphatic hydroxyl groups excluding tert-OH is 1. The zero-order chi connectivity index (χ0) is 23.9. The van der Waals surface area contributed by atoms with E-state index in [0.29, 0.717) is 22.3 Å². The van der Waals surface area contributed by atoms with E-state index in [2.05, 4.69) is 20.5 Å². The predicted molar refractivity (Wildman–Crippen MR) is 127 cm³/mol. The quantitative estimate of drug-likeness (QED) is 0.374. The highest BCUT2D eigenvalue weighted by Crippen LogP contribution is 2.22. The summed E-state index contributed by atoms with van der Waals surface area (Å²) in [5.41, 5.74) is 0.164. The van der Waals surface area contributed by atoms with Gasteiger partial charge in [0, 0.05) is 36.1 Å². The van der Waals surface area contributed by atoms with Gasteiger partial charge >= 0.3 is 11.4 Å². The Morgan fingerprint density at radius 3 is 2.44 bits per heavy atom. The number of anilines is 2. The molecule has 2 N–H and O–H groups in total. The molecular weight excluding hydrogens is 460 g/mol. The lowest BCUT2D eigenvalue weighted by molar-refractivity contribution is 0.276. The van der Waals surface area contributed by atoms with Crippen molar-refractivity contribution in [2.75, 3.05) is 11.9 Å². The molecule has 0 aliphatic carbocycles. The maximum absolute atomic E-state index is 13.1. The van der Waals surface area contributed by atoms with Gasteiger partial charge < -0.3 is 15.2 Å². The average molecular weight is 481 g/mol. The number of aliphatic hydroxyl groups is 1. The van der Waals surface area contributed by atoms with Crippen molar-refractivity contribution >= 4 is 23.2 Å². The monoisotopic (exact) mass is 480 g/mol. The fourth-order valence-corrected chi connectivity index (χ4v) is 3.28. The summed E-state index contributed by atoms with van der Waals surface area (Å²) in [4.78, 5) is 29.8. The minimum absolute atomic E-state index is 0.0660. The molecule has 0 fully saturated rings. The van der Waals surface area contributed by atoms with Gasteiger partial charge in [-0.15, -0.1) is 5.10 Å². The van der Waals surface area contributed by atoms with Crippen LogP contribution in [0.4, 0.5) is 11.6 Å². The Hall–Kier alpha value is -4.02. The van der Waals surface area contributed by atoms with E-state index in [-0.39, 0.29) is 32.1 Å². The third-order valence-corrected chi connectivity index (χ3v) is 5.08. The normalized spacial score (nSPS) is 10.8. The van der Waals surface area contributed by atoms with Gasteiger partial charge in [-0.3, -0.25) is 4.57 Å². The first-order valence-electron chi connectivity index (χ1n) is 10.4. The van der Waals surface area contributed by atoms with Gasteiger partial charge in [0.25, 0.3) is 0 Å². The van der Waals surface area contributed by atoms with Crippen LogP contribution in [-0.4, -0.2) is 36.0 Å². The maximum Gasteiger partial charge on any atom is 0.354 e. The van der Waals surface area contributed by atoms with Crippen molar-refractivity contribution in [1.29, 1.82) is 0 Å². The molecule has 34 heavy (non-hydrogen) atoms. The summed E-state index contributed by atoms with van der Waals surface area (Å²) >= 11 is 5.97. The number of aromatic nitrogens is 5. The van der Waals surface area contributed by atoms with E-state index in [0.717, 1.165) is 10.1 Å². The van der Waals surface area contributed by atoms with Crippen LogP contribution in [0.1, 0.15) is 12.0 Å². The van der Waals surface area contributed by atoms with E-state index in [1.54, 1.807) is 66.9 Å². The summed E-state index contributed by atoms with van der Waals surface area (Å²) in [7, 11) is 0. The Morgan fingerprint density at radius 1 is 1.00 bits per heavy atom. The number of hydrogen-bond acceptors (Lipinski definition) is 8. The van der Waals surface area contributed by atoms with Crippen LogP contribution in [-0.2, 0) is 13.1 Å². The molecule has 4 aromatic rings. The third kappa shape index (κ3) is 5.66. The molecule has 0 spiro atoms. The minimum Gasteiger partial charge on any atom is -0.438 e. The van der Waals surface area contributed by atoms with Crippen molar-refractivity contribution in [3.8, 4) is 11.6 Å². The molecule has 0 bridgehead atoms. The first-order valence-corrected chi connectivity index (χ1v) is 10.8. The summed E-state index contributed by atoms with van der Waals surface area (Å²) in [6.45, 7) is 0.0845. The highest BCUT2D eigenvalue weighted by Gasteiger charge is 2.14. The molecule has 0 aliphatic heterocycles. The second-order valence-electron chi connectivity index (χ2n) is 7.26. The molecule has 174 valence electrons. The summed E-state index contributed by atoms with van der Waals surface area (Å²) in [5, 5.41) is 20.4. The molecule has 0 amide bonds. The van der Waals surface area contributed by atoms with Crippen molar-refractivity contribution in [2.24, 2.45) is 0 Å². The van der Waals surface area contributed by atoms with E-state index in [9.17, 15) is 9.59 Å². The number of nitrogens with one attached hydrogen (secondary N) is 1. The number of nitrogens with zero attached hydrogens (tertiary/aromatic N) is 5. The molecule has 2 heterocycles. The molecule has 4 rings (SSSR count). The van der Waals surface area contributed by atoms with Crippen molar-refractivity contribution in [2.45, 2.75) is 19.5 Å². The van der Waals surface area contributed by atoms with Crippen LogP contribution in [0.15, 0.2) is 76.4 Å². The molecule has 0 saturated carbocycles. The van der Waals surface area contributed by atoms with Gasteiger partial charge in [-0.2, -0.15) is 10.1 Å². The lowest BCUT2D eigenvalue weighted by atomic mass is 10.2. The number of rotatable bonds is 9. The zero-order valence-corrected chi connectivity index (χ0v) is 18.7. The van der Waals surface area contributed by atoms with Gasteiger partial charge in [-0.25, -0.2) is 14.2 Å². The molecule has 0 atom stereocenters. The van der Waals surface area contributed by atoms with E-state index < -0.39 is 11.4 Å². The van der Waals surface area contributed by atoms with Gasteiger partial charge in [0.15, 0.2) is 0 Å². The van der Waals surface area contributed by atoms with Crippen LogP contribution in [0.2, 0.25) is 5.02 Å². The van der Waals surface area contributed by atoms with Gasteiger partial charge in [0.1, 0.15) is 5.75 Å². The Balaban J connectivity index is 1.63. The van der Waals surface area contributed by atoms with Crippen LogP contribution in [0, 0.1) is 0 Å². The molecule has 0 saturated heterocycles. The fraction of sp³-hybridized carbons (Fsp3) is 0.174. The summed E-state index contributed by atoms with van der Waals surface area (Å²) < 4.78 is 8.01. The van der Waals surface area contributed by atoms with E-state index >= 15 is 0 Å². The molecule has 10 nitrogen and oxygen atoms in total. The van der Waals surface area contributed by atoms with Crippen molar-refractivity contribution in [3.63, 3.8) is 0 Å². The molecule has 2 aromatic carbocycles. The molecule has 0 radical (unpaired) electrons. The topological polar surface area (TPSA) is 124 Å². The van der Waals surface area contributed by atoms with Gasteiger partial charge in [0.2, 0.25) is 11.8 Å². The molecule has 0 aliphatic rings. The first kappa shape index (κ1) is 23.1. The zero-order valence-electron chi connectivity index (χ0n) is 18.0. The second-order valence-corrected chi connectivity index (χ2v) is 7.69. The van der Waals surface area contributed by atoms with E-state index in [1.165, 1.54) is 4.57 Å². The third-order valence-electron chi connectivity index (χ3n) is 4.82. The molecular formula is C23H21ClN6O4. The van der Waals surface area contributed by atoms with Gasteiger partial charge in [-0.05, 0) is 54.4 Å². The largest absolute Gasteiger partial charge is 0.438 e. The molecule has 11 heteroatoms. The lowest BCUT2D eigenvalue weighted by Gasteiger charge is -2.16. The lowest BCUT2D eigenvalue weighted by Crippen LogP contribution is -2.42. The number of benzene rings is 2. The average Bonchev–Trinajstić information content (AvgIpc) is 2.84. The minimum atomic E-state index is -0.698. The number of ether oxygens (including phenoxy) is 1. The van der Waals surface area contributed by atoms with E-state index in [4.69, 9.17) is 21.4 Å². The van der Waals surface area contributed by atoms with Crippen LogP contribution in [0.3, 0.4) is 0 Å². The summed E-state index contributed by atoms with van der Waals surface area (Å²) in [5.74, 6) is 0.984. The van der Waals surface area contributed by atoms with Crippen LogP contribution < -0.4 is 21.4 Å². The molecule has 2 aromatic heterocycles. The SMILES string of the molecule is O=c1nc(Nc2ccc(Oc3cccnn3)cc2)n(Cc2ccc(Cl)cc2)c(=O)n1CCCO. The van der Waals surface area contributed by atoms with Crippen LogP contribution in [0.25, 0.3) is 0 Å². The van der Waals surface area contributed by atoms with E-state index in [1.807, 2.05) is 0 Å². The van der Waals surface area contributed by atoms with Crippen molar-refractivity contribution < 1.29 is 9.84 Å². The number of halogens is 1. The van der Waals surface area contributed by atoms with Crippen LogP contribution in [0.5, 0.6) is 11.6 Å². The van der Waals surface area contributed by atoms with Crippen molar-refractivity contribution in [3.05, 3.63) is 98.4 Å². The second kappa shape index (κ2) is 10.7. The predicted octanol–water partition coefficient (Wildman–Crippen LogP) is 2.82. The van der Waals surface area contributed by atoms with Crippen molar-refractivity contribution in [1.82, 2.24) is 24.3 Å². The summed E-state index contributed by atoms with van der Waals surface area (Å²) in [6, 6.07) is 17.3.